The fraction of sp³-hybridized carbons (Fsp3) is 0.412. The molecule has 3 aromatic carbocycles. The molecule has 1 heterocycles. The third kappa shape index (κ3) is 7.44. The number of hydrogen-bond donors (Lipinski definition) is 0. The van der Waals surface area contributed by atoms with Gasteiger partial charge in [-0.2, -0.15) is 8.78 Å². The molecule has 230 valence electrons. The van der Waals surface area contributed by atoms with Crippen molar-refractivity contribution < 1.29 is 40.6 Å². The van der Waals surface area contributed by atoms with Crippen LogP contribution in [0.1, 0.15) is 51.9 Å². The number of ether oxygens (including phenoxy) is 3. The topological polar surface area (TPSA) is 27.7 Å². The molecule has 0 N–H and O–H groups in total. The fourth-order valence-electron chi connectivity index (χ4n) is 5.61. The summed E-state index contributed by atoms with van der Waals surface area (Å²) in [6.45, 7) is 3.45. The Morgan fingerprint density at radius 2 is 1.47 bits per heavy atom. The van der Waals surface area contributed by atoms with Crippen LogP contribution in [0.25, 0.3) is 22.3 Å². The molecule has 1 saturated heterocycles. The molecule has 0 spiro atoms. The lowest BCUT2D eigenvalue weighted by Gasteiger charge is -2.36. The highest BCUT2D eigenvalue weighted by Gasteiger charge is 2.40. The molecule has 9 heteroatoms. The highest BCUT2D eigenvalue weighted by molar-refractivity contribution is 5.71. The van der Waals surface area contributed by atoms with E-state index in [1.54, 1.807) is 0 Å². The van der Waals surface area contributed by atoms with Crippen LogP contribution in [0.3, 0.4) is 0 Å². The van der Waals surface area contributed by atoms with E-state index in [0.29, 0.717) is 55.2 Å². The van der Waals surface area contributed by atoms with Crippen LogP contribution in [0.2, 0.25) is 0 Å². The minimum atomic E-state index is -3.50. The standard InChI is InChI=1S/C34H34F6O3/c1-2-3-4-5-21-19-41-33(42-20-21)23-6-11-26(12-7-23)34(39,40)43-27-13-8-22(9-14-27)24-10-15-28(29(35)16-24)25-17-30(36)32(38)31(37)18-25/h8-11,13-18,21,23,33H,2-7,12,19-20H2,1H3. The van der Waals surface area contributed by atoms with E-state index in [1.807, 2.05) is 0 Å². The number of hydrogen-bond acceptors (Lipinski definition) is 3. The summed E-state index contributed by atoms with van der Waals surface area (Å²) in [5.74, 6) is -4.91. The van der Waals surface area contributed by atoms with E-state index in [0.717, 1.165) is 18.9 Å². The Morgan fingerprint density at radius 1 is 0.814 bits per heavy atom. The molecule has 1 fully saturated rings. The number of rotatable bonds is 10. The maximum Gasteiger partial charge on any atom is 0.422 e. The van der Waals surface area contributed by atoms with E-state index < -0.39 is 29.4 Å². The van der Waals surface area contributed by atoms with Gasteiger partial charge in [0, 0.05) is 23.0 Å². The van der Waals surface area contributed by atoms with Gasteiger partial charge in [0.2, 0.25) is 0 Å². The molecule has 0 bridgehead atoms. The maximum absolute atomic E-state index is 15.0. The first kappa shape index (κ1) is 31.1. The molecule has 43 heavy (non-hydrogen) atoms. The lowest BCUT2D eigenvalue weighted by Crippen LogP contribution is -2.38. The van der Waals surface area contributed by atoms with Crippen LogP contribution in [-0.4, -0.2) is 25.6 Å². The van der Waals surface area contributed by atoms with E-state index in [2.05, 4.69) is 6.92 Å². The molecular formula is C34H34F6O3. The zero-order valence-electron chi connectivity index (χ0n) is 23.9. The van der Waals surface area contributed by atoms with Crippen LogP contribution < -0.4 is 4.74 Å². The molecule has 3 aromatic rings. The van der Waals surface area contributed by atoms with Crippen molar-refractivity contribution in [3.05, 3.63) is 89.5 Å². The van der Waals surface area contributed by atoms with Crippen molar-refractivity contribution in [3.63, 3.8) is 0 Å². The van der Waals surface area contributed by atoms with Gasteiger partial charge in [0.05, 0.1) is 13.2 Å². The maximum atomic E-state index is 15.0. The van der Waals surface area contributed by atoms with Gasteiger partial charge in [0.15, 0.2) is 23.7 Å². The molecule has 1 unspecified atom stereocenters. The van der Waals surface area contributed by atoms with Gasteiger partial charge in [-0.3, -0.25) is 0 Å². The number of unbranched alkanes of at least 4 members (excludes halogenated alkanes) is 2. The average Bonchev–Trinajstić information content (AvgIpc) is 3.00. The van der Waals surface area contributed by atoms with Gasteiger partial charge in [-0.25, -0.2) is 17.6 Å². The molecule has 0 aromatic heterocycles. The Labute approximate surface area is 247 Å². The molecule has 0 saturated carbocycles. The van der Waals surface area contributed by atoms with Gasteiger partial charge in [0.1, 0.15) is 11.6 Å². The van der Waals surface area contributed by atoms with E-state index in [-0.39, 0.29) is 41.1 Å². The van der Waals surface area contributed by atoms with E-state index >= 15 is 8.78 Å². The van der Waals surface area contributed by atoms with Crippen LogP contribution in [0.5, 0.6) is 5.75 Å². The first-order valence-electron chi connectivity index (χ1n) is 14.7. The van der Waals surface area contributed by atoms with Crippen molar-refractivity contribution in [1.82, 2.24) is 0 Å². The Balaban J connectivity index is 1.17. The summed E-state index contributed by atoms with van der Waals surface area (Å²) < 4.78 is 102. The van der Waals surface area contributed by atoms with Crippen LogP contribution in [0.4, 0.5) is 26.3 Å². The predicted molar refractivity (Wildman–Crippen MR) is 151 cm³/mol. The van der Waals surface area contributed by atoms with E-state index in [9.17, 15) is 17.6 Å². The van der Waals surface area contributed by atoms with E-state index in [4.69, 9.17) is 14.2 Å². The smallest absolute Gasteiger partial charge is 0.422 e. The van der Waals surface area contributed by atoms with Crippen LogP contribution in [-0.2, 0) is 9.47 Å². The quantitative estimate of drug-likeness (QED) is 0.0998. The van der Waals surface area contributed by atoms with Gasteiger partial charge < -0.3 is 14.2 Å². The van der Waals surface area contributed by atoms with Gasteiger partial charge >= 0.3 is 6.11 Å². The van der Waals surface area contributed by atoms with Crippen molar-refractivity contribution in [3.8, 4) is 28.0 Å². The Bertz CT molecular complexity index is 1410. The Morgan fingerprint density at radius 3 is 2.07 bits per heavy atom. The monoisotopic (exact) mass is 604 g/mol. The summed E-state index contributed by atoms with van der Waals surface area (Å²) in [4.78, 5) is 0. The second-order valence-electron chi connectivity index (χ2n) is 11.3. The number of allylic oxidation sites excluding steroid dienone is 1. The van der Waals surface area contributed by atoms with Gasteiger partial charge in [-0.05, 0) is 72.7 Å². The van der Waals surface area contributed by atoms with Crippen LogP contribution in [0, 0.1) is 35.1 Å². The molecule has 3 nitrogen and oxygen atoms in total. The highest BCUT2D eigenvalue weighted by atomic mass is 19.3. The van der Waals surface area contributed by atoms with Gasteiger partial charge in [-0.1, -0.05) is 56.5 Å². The summed E-state index contributed by atoms with van der Waals surface area (Å²) in [6, 6.07) is 11.2. The predicted octanol–water partition coefficient (Wildman–Crippen LogP) is 9.84. The third-order valence-corrected chi connectivity index (χ3v) is 8.12. The number of alkyl halides is 2. The summed E-state index contributed by atoms with van der Waals surface area (Å²) in [5, 5.41) is 0. The van der Waals surface area contributed by atoms with Crippen LogP contribution >= 0.6 is 0 Å². The minimum Gasteiger partial charge on any atom is -0.429 e. The first-order valence-corrected chi connectivity index (χ1v) is 14.7. The molecule has 0 radical (unpaired) electrons. The SMILES string of the molecule is CCCCCC1COC(C2CC=C(C(F)(F)Oc3ccc(-c4ccc(-c5cc(F)c(F)c(F)c5)c(F)c4)cc3)CC2)OC1. The van der Waals surface area contributed by atoms with Crippen molar-refractivity contribution in [2.24, 2.45) is 11.8 Å². The molecule has 1 aliphatic heterocycles. The summed E-state index contributed by atoms with van der Waals surface area (Å²) in [6.07, 6.45) is 3.31. The highest BCUT2D eigenvalue weighted by Crippen LogP contribution is 2.39. The zero-order chi connectivity index (χ0) is 30.6. The van der Waals surface area contributed by atoms with Crippen molar-refractivity contribution >= 4 is 0 Å². The Hall–Kier alpha value is -3.30. The van der Waals surface area contributed by atoms with Crippen molar-refractivity contribution in [1.29, 1.82) is 0 Å². The minimum absolute atomic E-state index is 0.0170. The number of benzene rings is 3. The van der Waals surface area contributed by atoms with E-state index in [1.165, 1.54) is 55.3 Å². The molecule has 5 rings (SSSR count). The van der Waals surface area contributed by atoms with Crippen LogP contribution in [0.15, 0.2) is 66.2 Å². The van der Waals surface area contributed by atoms with Crippen molar-refractivity contribution in [2.75, 3.05) is 13.2 Å². The second-order valence-corrected chi connectivity index (χ2v) is 11.3. The lowest BCUT2D eigenvalue weighted by molar-refractivity contribution is -0.227. The largest absolute Gasteiger partial charge is 0.429 e. The summed E-state index contributed by atoms with van der Waals surface area (Å²) >= 11 is 0. The third-order valence-electron chi connectivity index (χ3n) is 8.12. The molecule has 1 aliphatic carbocycles. The molecule has 2 aliphatic rings. The van der Waals surface area contributed by atoms with Crippen molar-refractivity contribution in [2.45, 2.75) is 64.3 Å². The summed E-state index contributed by atoms with van der Waals surface area (Å²) in [7, 11) is 0. The first-order chi connectivity index (χ1) is 20.6. The number of halogens is 6. The molecule has 0 amide bonds. The average molecular weight is 605 g/mol. The molecule has 1 atom stereocenters. The zero-order valence-corrected chi connectivity index (χ0v) is 23.9. The lowest BCUT2D eigenvalue weighted by atomic mass is 9.88. The normalized spacial score (nSPS) is 21.0. The second kappa shape index (κ2) is 13.6. The van der Waals surface area contributed by atoms with Gasteiger partial charge in [0.25, 0.3) is 0 Å². The Kier molecular flexibility index (Phi) is 9.82. The fourth-order valence-corrected chi connectivity index (χ4v) is 5.61. The molecular weight excluding hydrogens is 570 g/mol. The summed E-state index contributed by atoms with van der Waals surface area (Å²) in [5.41, 5.74) is 0.560. The van der Waals surface area contributed by atoms with Gasteiger partial charge in [-0.15, -0.1) is 0 Å².